The topological polar surface area (TPSA) is 175 Å². The van der Waals surface area contributed by atoms with E-state index in [1.54, 1.807) is 0 Å². The Labute approximate surface area is 158 Å². The van der Waals surface area contributed by atoms with Crippen molar-refractivity contribution in [3.63, 3.8) is 0 Å². The third kappa shape index (κ3) is 2.40. The molecule has 1 amide bonds. The molecule has 0 spiro atoms. The summed E-state index contributed by atoms with van der Waals surface area (Å²) in [6, 6.07) is -1.69. The van der Waals surface area contributed by atoms with Gasteiger partial charge in [-0.15, -0.1) is 5.10 Å². The first-order valence-electron chi connectivity index (χ1n) is 7.88. The maximum absolute atomic E-state index is 13.0. The number of methoxy groups -OCH3 is 2. The molecular formula is C14H16N4O9S. The van der Waals surface area contributed by atoms with Gasteiger partial charge in [-0.3, -0.25) is 4.79 Å². The van der Waals surface area contributed by atoms with Crippen molar-refractivity contribution in [1.82, 2.24) is 19.9 Å². The number of amides is 1. The third-order valence-corrected chi connectivity index (χ3v) is 7.76. The Morgan fingerprint density at radius 3 is 2.36 bits per heavy atom. The average molecular weight is 416 g/mol. The molecule has 2 aliphatic heterocycles. The summed E-state index contributed by atoms with van der Waals surface area (Å²) >= 11 is 0. The van der Waals surface area contributed by atoms with Gasteiger partial charge in [0.15, 0.2) is 21.6 Å². The second-order valence-corrected chi connectivity index (χ2v) is 9.05. The summed E-state index contributed by atoms with van der Waals surface area (Å²) in [6.45, 7) is 0.494. The molecule has 2 aliphatic rings. The number of nitrogens with zero attached hydrogens (tertiary/aromatic N) is 4. The van der Waals surface area contributed by atoms with Crippen molar-refractivity contribution in [3.05, 3.63) is 11.4 Å². The van der Waals surface area contributed by atoms with E-state index in [1.165, 1.54) is 0 Å². The summed E-state index contributed by atoms with van der Waals surface area (Å²) in [7, 11) is -2.08. The zero-order chi connectivity index (χ0) is 21.0. The minimum Gasteiger partial charge on any atom is -0.480 e. The van der Waals surface area contributed by atoms with Gasteiger partial charge in [0, 0.05) is 0 Å². The number of esters is 2. The molecule has 1 aromatic rings. The van der Waals surface area contributed by atoms with E-state index >= 15 is 0 Å². The van der Waals surface area contributed by atoms with Crippen molar-refractivity contribution in [2.75, 3.05) is 14.2 Å². The Kier molecular flexibility index (Phi) is 4.41. The third-order valence-electron chi connectivity index (χ3n) is 5.00. The molecule has 1 aromatic heterocycles. The van der Waals surface area contributed by atoms with Crippen LogP contribution in [0.2, 0.25) is 0 Å². The Bertz CT molecular complexity index is 1000. The minimum atomic E-state index is -4.15. The van der Waals surface area contributed by atoms with Gasteiger partial charge in [-0.1, -0.05) is 5.21 Å². The fourth-order valence-corrected chi connectivity index (χ4v) is 5.89. The fourth-order valence-electron chi connectivity index (χ4n) is 3.54. The van der Waals surface area contributed by atoms with E-state index in [9.17, 15) is 32.7 Å². The molecule has 3 heterocycles. The minimum absolute atomic E-state index is 0.323. The van der Waals surface area contributed by atoms with Gasteiger partial charge in [-0.05, 0) is 6.92 Å². The molecule has 0 unspecified atom stereocenters. The maximum atomic E-state index is 13.0. The summed E-state index contributed by atoms with van der Waals surface area (Å²) in [5.74, 6) is -4.18. The van der Waals surface area contributed by atoms with Crippen LogP contribution in [-0.4, -0.2) is 87.6 Å². The highest BCUT2D eigenvalue weighted by Gasteiger charge is 2.70. The number of carbonyl (C=O) groups excluding carboxylic acids is 3. The number of aromatic nitrogens is 3. The Morgan fingerprint density at radius 1 is 1.25 bits per heavy atom. The lowest BCUT2D eigenvalue weighted by Gasteiger charge is -2.35. The summed E-state index contributed by atoms with van der Waals surface area (Å²) in [4.78, 5) is 48.4. The molecule has 13 nitrogen and oxygen atoms in total. The SMILES string of the molecule is COC(=O)c1nnn(C[C@@]2(C)[C@H](C(=O)O)N3C(=O)C[C@@H]3S2(=O)=O)c1C(=O)OC. The number of β-lactam (4-membered cyclic amide) rings is 1. The van der Waals surface area contributed by atoms with E-state index in [1.807, 2.05) is 0 Å². The van der Waals surface area contributed by atoms with E-state index in [-0.39, 0.29) is 6.42 Å². The number of carboxylic acids is 1. The Hall–Kier alpha value is -3.03. The molecule has 3 rings (SSSR count). The molecule has 0 aliphatic carbocycles. The van der Waals surface area contributed by atoms with Gasteiger partial charge in [0.1, 0.15) is 10.1 Å². The van der Waals surface area contributed by atoms with Gasteiger partial charge in [0.25, 0.3) is 0 Å². The molecule has 0 aromatic carbocycles. The van der Waals surface area contributed by atoms with Gasteiger partial charge < -0.3 is 19.5 Å². The van der Waals surface area contributed by atoms with Crippen LogP contribution < -0.4 is 0 Å². The summed E-state index contributed by atoms with van der Waals surface area (Å²) in [5.41, 5.74) is -1.00. The monoisotopic (exact) mass is 416 g/mol. The second-order valence-electron chi connectivity index (χ2n) is 6.49. The number of carbonyl (C=O) groups is 4. The van der Waals surface area contributed by atoms with Crippen LogP contribution in [0.25, 0.3) is 0 Å². The molecule has 152 valence electrons. The Morgan fingerprint density at radius 2 is 1.86 bits per heavy atom. The number of ether oxygens (including phenoxy) is 2. The van der Waals surface area contributed by atoms with Crippen molar-refractivity contribution in [2.45, 2.75) is 36.1 Å². The summed E-state index contributed by atoms with van der Waals surface area (Å²) < 4.78 is 33.8. The van der Waals surface area contributed by atoms with Gasteiger partial charge in [-0.2, -0.15) is 0 Å². The molecule has 0 saturated carbocycles. The first-order valence-corrected chi connectivity index (χ1v) is 9.43. The van der Waals surface area contributed by atoms with Crippen molar-refractivity contribution in [3.8, 4) is 0 Å². The first-order chi connectivity index (χ1) is 13.0. The zero-order valence-corrected chi connectivity index (χ0v) is 15.8. The summed E-state index contributed by atoms with van der Waals surface area (Å²) in [5, 5.41) is 15.5. The number of rotatable bonds is 5. The number of fused-ring (bicyclic) bond motifs is 1. The Balaban J connectivity index is 2.13. The fraction of sp³-hybridized carbons (Fsp3) is 0.571. The lowest BCUT2D eigenvalue weighted by atomic mass is 9.96. The molecule has 3 atom stereocenters. The largest absolute Gasteiger partial charge is 0.480 e. The zero-order valence-electron chi connectivity index (χ0n) is 15.0. The molecule has 0 bridgehead atoms. The molecule has 2 fully saturated rings. The van der Waals surface area contributed by atoms with Crippen LogP contribution in [0.15, 0.2) is 0 Å². The first kappa shape index (κ1) is 19.7. The predicted octanol–water partition coefficient (Wildman–Crippen LogP) is -1.95. The van der Waals surface area contributed by atoms with Crippen LogP contribution >= 0.6 is 0 Å². The van der Waals surface area contributed by atoms with Crippen LogP contribution in [0.4, 0.5) is 0 Å². The number of hydrogen-bond acceptors (Lipinski definition) is 10. The van der Waals surface area contributed by atoms with E-state index in [4.69, 9.17) is 0 Å². The number of sulfone groups is 1. The van der Waals surface area contributed by atoms with E-state index in [0.29, 0.717) is 0 Å². The van der Waals surface area contributed by atoms with Crippen LogP contribution in [0.3, 0.4) is 0 Å². The highest BCUT2D eigenvalue weighted by molar-refractivity contribution is 7.93. The van der Waals surface area contributed by atoms with Crippen molar-refractivity contribution in [1.29, 1.82) is 0 Å². The van der Waals surface area contributed by atoms with Gasteiger partial charge in [0.05, 0.1) is 27.2 Å². The van der Waals surface area contributed by atoms with Gasteiger partial charge >= 0.3 is 17.9 Å². The highest BCUT2D eigenvalue weighted by Crippen LogP contribution is 2.46. The number of hydrogen-bond donors (Lipinski definition) is 1. The van der Waals surface area contributed by atoms with E-state index in [2.05, 4.69) is 19.8 Å². The molecule has 14 heteroatoms. The predicted molar refractivity (Wildman–Crippen MR) is 86.7 cm³/mol. The molecule has 2 saturated heterocycles. The highest BCUT2D eigenvalue weighted by atomic mass is 32.2. The van der Waals surface area contributed by atoms with Gasteiger partial charge in [0.2, 0.25) is 11.6 Å². The number of aliphatic carboxylic acids is 1. The van der Waals surface area contributed by atoms with Crippen LogP contribution in [0, 0.1) is 0 Å². The van der Waals surface area contributed by atoms with E-state index < -0.39 is 67.7 Å². The van der Waals surface area contributed by atoms with Crippen LogP contribution in [0.5, 0.6) is 0 Å². The second kappa shape index (κ2) is 6.25. The average Bonchev–Trinajstić information content (AvgIpc) is 3.09. The lowest BCUT2D eigenvalue weighted by Crippen LogP contribution is -2.58. The smallest absolute Gasteiger partial charge is 0.361 e. The molecule has 28 heavy (non-hydrogen) atoms. The number of carboxylic acid groups (broad SMARTS) is 1. The van der Waals surface area contributed by atoms with Crippen LogP contribution in [0.1, 0.15) is 34.3 Å². The van der Waals surface area contributed by atoms with Crippen LogP contribution in [-0.2, 0) is 35.4 Å². The molecular weight excluding hydrogens is 400 g/mol. The molecule has 1 N–H and O–H groups in total. The molecule has 0 radical (unpaired) electrons. The normalized spacial score (nSPS) is 27.7. The van der Waals surface area contributed by atoms with Crippen molar-refractivity contribution >= 4 is 33.7 Å². The van der Waals surface area contributed by atoms with E-state index in [0.717, 1.165) is 30.7 Å². The lowest BCUT2D eigenvalue weighted by molar-refractivity contribution is -0.157. The summed E-state index contributed by atoms with van der Waals surface area (Å²) in [6.07, 6.45) is -0.323. The van der Waals surface area contributed by atoms with Gasteiger partial charge in [-0.25, -0.2) is 27.5 Å². The standard InChI is InChI=1S/C14H16N4O9S/c1-14(10(11(20)21)18-6(19)4-7(18)28(14,24)25)5-17-9(13(23)27-3)8(15-16-17)12(22)26-2/h7,10H,4-5H2,1-3H3,(H,20,21)/t7-,10-,14-/m0/s1. The quantitative estimate of drug-likeness (QED) is 0.417. The van der Waals surface area contributed by atoms with Crippen molar-refractivity contribution in [2.24, 2.45) is 0 Å². The maximum Gasteiger partial charge on any atom is 0.361 e. The van der Waals surface area contributed by atoms with Crippen molar-refractivity contribution < 1.29 is 42.2 Å².